The van der Waals surface area contributed by atoms with Gasteiger partial charge in [0.1, 0.15) is 6.54 Å². The van der Waals surface area contributed by atoms with E-state index in [9.17, 15) is 4.79 Å². The van der Waals surface area contributed by atoms with E-state index in [1.165, 1.54) is 24.8 Å². The largest absolute Gasteiger partial charge is 0.357 e. The van der Waals surface area contributed by atoms with Gasteiger partial charge >= 0.3 is 0 Å². The molecule has 25 heavy (non-hydrogen) atoms. The second kappa shape index (κ2) is 8.18. The fourth-order valence-corrected chi connectivity index (χ4v) is 3.37. The minimum absolute atomic E-state index is 0.0864. The van der Waals surface area contributed by atoms with Gasteiger partial charge in [-0.25, -0.2) is 0 Å². The quantitative estimate of drug-likeness (QED) is 0.500. The van der Waals surface area contributed by atoms with Gasteiger partial charge in [-0.05, 0) is 32.6 Å². The number of aryl methyl sites for hydroxylation is 1. The first-order valence-electron chi connectivity index (χ1n) is 9.17. The summed E-state index contributed by atoms with van der Waals surface area (Å²) in [5.41, 5.74) is 2.39. The molecule has 0 bridgehead atoms. The molecule has 136 valence electrons. The third-order valence-electron chi connectivity index (χ3n) is 4.69. The van der Waals surface area contributed by atoms with Gasteiger partial charge in [-0.15, -0.1) is 0 Å². The summed E-state index contributed by atoms with van der Waals surface area (Å²) in [5, 5.41) is 7.48. The lowest BCUT2D eigenvalue weighted by molar-refractivity contribution is -0.120. The van der Waals surface area contributed by atoms with Gasteiger partial charge in [0, 0.05) is 39.4 Å². The number of hydrogen-bond donors (Lipinski definition) is 1. The zero-order valence-corrected chi connectivity index (χ0v) is 15.2. The van der Waals surface area contributed by atoms with E-state index in [0.29, 0.717) is 13.1 Å². The first-order valence-corrected chi connectivity index (χ1v) is 9.17. The van der Waals surface area contributed by atoms with Crippen molar-refractivity contribution in [3.63, 3.8) is 0 Å². The predicted octanol–water partition coefficient (Wildman–Crippen LogP) is 1.53. The number of guanidine groups is 1. The van der Waals surface area contributed by atoms with Gasteiger partial charge in [-0.3, -0.25) is 14.5 Å². The molecule has 1 aliphatic heterocycles. The van der Waals surface area contributed by atoms with Crippen LogP contribution >= 0.6 is 0 Å². The molecule has 0 radical (unpaired) electrons. The van der Waals surface area contributed by atoms with Crippen molar-refractivity contribution < 1.29 is 4.79 Å². The van der Waals surface area contributed by atoms with Crippen LogP contribution in [-0.2, 0) is 11.8 Å². The molecule has 1 amide bonds. The van der Waals surface area contributed by atoms with Gasteiger partial charge in [0.2, 0.25) is 5.91 Å². The van der Waals surface area contributed by atoms with Crippen molar-refractivity contribution >= 4 is 17.6 Å². The lowest BCUT2D eigenvalue weighted by atomic mass is 10.2. The normalized spacial score (nSPS) is 18.7. The summed E-state index contributed by atoms with van der Waals surface area (Å²) in [6, 6.07) is 0. The van der Waals surface area contributed by atoms with E-state index < -0.39 is 0 Å². The van der Waals surface area contributed by atoms with Crippen molar-refractivity contribution in [3.05, 3.63) is 24.0 Å². The van der Waals surface area contributed by atoms with Crippen molar-refractivity contribution in [1.29, 1.82) is 0 Å². The zero-order chi connectivity index (χ0) is 17.6. The molecule has 0 saturated carbocycles. The molecule has 3 rings (SSSR count). The number of piperazine rings is 1. The average molecular weight is 344 g/mol. The highest BCUT2D eigenvalue weighted by Gasteiger charge is 2.27. The smallest absolute Gasteiger partial charge is 0.246 e. The second-order valence-corrected chi connectivity index (χ2v) is 6.58. The molecule has 0 aromatic carbocycles. The van der Waals surface area contributed by atoms with Crippen LogP contribution in [0.3, 0.4) is 0 Å². The number of amides is 1. The fourth-order valence-electron chi connectivity index (χ4n) is 3.37. The highest BCUT2D eigenvalue weighted by molar-refractivity contribution is 5.98. The maximum absolute atomic E-state index is 12.6. The van der Waals surface area contributed by atoms with Gasteiger partial charge < -0.3 is 15.1 Å². The van der Waals surface area contributed by atoms with E-state index in [-0.39, 0.29) is 5.91 Å². The number of allylic oxidation sites excluding steroid dienone is 1. The summed E-state index contributed by atoms with van der Waals surface area (Å²) in [7, 11) is 1.86. The van der Waals surface area contributed by atoms with Crippen molar-refractivity contribution in [1.82, 2.24) is 20.0 Å². The van der Waals surface area contributed by atoms with Crippen LogP contribution in [0, 0.1) is 0 Å². The van der Waals surface area contributed by atoms with E-state index in [0.717, 1.165) is 37.7 Å². The second-order valence-electron chi connectivity index (χ2n) is 6.58. The van der Waals surface area contributed by atoms with Crippen LogP contribution in [0.2, 0.25) is 0 Å². The molecular formula is C18H28N6O. The molecule has 1 aromatic rings. The summed E-state index contributed by atoms with van der Waals surface area (Å²) in [6.45, 7) is 5.42. The van der Waals surface area contributed by atoms with Crippen molar-refractivity contribution in [2.45, 2.75) is 32.6 Å². The lowest BCUT2D eigenvalue weighted by Crippen LogP contribution is -2.55. The number of anilines is 1. The number of aromatic nitrogens is 2. The summed E-state index contributed by atoms with van der Waals surface area (Å²) in [4.78, 5) is 21.2. The summed E-state index contributed by atoms with van der Waals surface area (Å²) < 4.78 is 1.72. The predicted molar refractivity (Wildman–Crippen MR) is 99.7 cm³/mol. The maximum Gasteiger partial charge on any atom is 0.246 e. The van der Waals surface area contributed by atoms with Crippen LogP contribution in [0.15, 0.2) is 29.0 Å². The minimum atomic E-state index is 0.0864. The van der Waals surface area contributed by atoms with E-state index in [1.54, 1.807) is 15.8 Å². The third-order valence-corrected chi connectivity index (χ3v) is 4.69. The van der Waals surface area contributed by atoms with Gasteiger partial charge in [-0.2, -0.15) is 5.10 Å². The lowest BCUT2D eigenvalue weighted by Gasteiger charge is -2.35. The highest BCUT2D eigenvalue weighted by Crippen LogP contribution is 2.20. The van der Waals surface area contributed by atoms with Crippen LogP contribution < -0.4 is 10.2 Å². The number of carbonyl (C=O) groups excluding carboxylic acids is 1. The monoisotopic (exact) mass is 344 g/mol. The molecule has 0 spiro atoms. The first-order chi connectivity index (χ1) is 12.2. The molecule has 2 heterocycles. The third kappa shape index (κ3) is 4.41. The maximum atomic E-state index is 12.6. The standard InChI is InChI=1S/C18H28N6O/c1-3-19-18(20-9-8-15-6-4-5-7-15)23-10-11-24(17(25)14-23)16-12-21-22(2)13-16/h6,12-13H,3-5,7-11,14H2,1-2H3,(H,19,20). The minimum Gasteiger partial charge on any atom is -0.357 e. The SMILES string of the molecule is CCNC(=NCCC1=CCCC1)N1CCN(c2cnn(C)c2)C(=O)C1. The topological polar surface area (TPSA) is 65.8 Å². The van der Waals surface area contributed by atoms with Gasteiger partial charge in [0.05, 0.1) is 11.9 Å². The Morgan fingerprint density at radius 1 is 1.40 bits per heavy atom. The Hall–Kier alpha value is -2.31. The van der Waals surface area contributed by atoms with Crippen LogP contribution in [0.4, 0.5) is 5.69 Å². The number of hydrogen-bond acceptors (Lipinski definition) is 3. The average Bonchev–Trinajstić information content (AvgIpc) is 3.26. The molecule has 1 saturated heterocycles. The molecule has 2 aliphatic rings. The molecule has 7 nitrogen and oxygen atoms in total. The molecular weight excluding hydrogens is 316 g/mol. The van der Waals surface area contributed by atoms with Crippen LogP contribution in [0.5, 0.6) is 0 Å². The molecule has 0 atom stereocenters. The Bertz CT molecular complexity index is 662. The molecule has 1 aliphatic carbocycles. The Morgan fingerprint density at radius 3 is 2.92 bits per heavy atom. The molecule has 7 heteroatoms. The summed E-state index contributed by atoms with van der Waals surface area (Å²) >= 11 is 0. The summed E-state index contributed by atoms with van der Waals surface area (Å²) in [6.07, 6.45) is 10.7. The van der Waals surface area contributed by atoms with Crippen LogP contribution in [-0.4, -0.2) is 59.3 Å². The molecule has 1 aromatic heterocycles. The van der Waals surface area contributed by atoms with Crippen LogP contribution in [0.1, 0.15) is 32.6 Å². The van der Waals surface area contributed by atoms with Crippen molar-refractivity contribution in [2.75, 3.05) is 37.6 Å². The molecule has 1 N–H and O–H groups in total. The highest BCUT2D eigenvalue weighted by atomic mass is 16.2. The Labute approximate surface area is 149 Å². The molecule has 1 fully saturated rings. The van der Waals surface area contributed by atoms with E-state index in [2.05, 4.69) is 28.3 Å². The van der Waals surface area contributed by atoms with E-state index >= 15 is 0 Å². The zero-order valence-electron chi connectivity index (χ0n) is 15.2. The summed E-state index contributed by atoms with van der Waals surface area (Å²) in [5.74, 6) is 0.934. The Kier molecular flexibility index (Phi) is 5.73. The number of aliphatic imine (C=N–C) groups is 1. The van der Waals surface area contributed by atoms with Crippen molar-refractivity contribution in [3.8, 4) is 0 Å². The number of nitrogens with zero attached hydrogens (tertiary/aromatic N) is 5. The van der Waals surface area contributed by atoms with Gasteiger partial charge in [-0.1, -0.05) is 11.6 Å². The number of carbonyl (C=O) groups is 1. The Morgan fingerprint density at radius 2 is 2.28 bits per heavy atom. The number of nitrogens with one attached hydrogen (secondary N) is 1. The van der Waals surface area contributed by atoms with Gasteiger partial charge in [0.15, 0.2) is 5.96 Å². The van der Waals surface area contributed by atoms with Gasteiger partial charge in [0.25, 0.3) is 0 Å². The number of rotatable bonds is 5. The van der Waals surface area contributed by atoms with Crippen LogP contribution in [0.25, 0.3) is 0 Å². The van der Waals surface area contributed by atoms with Crippen molar-refractivity contribution in [2.24, 2.45) is 12.0 Å². The fraction of sp³-hybridized carbons (Fsp3) is 0.611. The first kappa shape index (κ1) is 17.5. The molecule has 0 unspecified atom stereocenters. The van der Waals surface area contributed by atoms with E-state index in [1.807, 2.05) is 13.2 Å². The van der Waals surface area contributed by atoms with E-state index in [4.69, 9.17) is 4.99 Å². The Balaban J connectivity index is 1.59.